The molecule has 2 aromatic carbocycles. The van der Waals surface area contributed by atoms with Crippen LogP contribution in [-0.4, -0.2) is 26.0 Å². The summed E-state index contributed by atoms with van der Waals surface area (Å²) in [6, 6.07) is 10.1. The number of aliphatic hydroxyl groups excluding tert-OH is 1. The first-order chi connectivity index (χ1) is 11.9. The van der Waals surface area contributed by atoms with E-state index in [0.29, 0.717) is 28.9 Å². The smallest absolute Gasteiger partial charge is 0.264 e. The zero-order valence-electron chi connectivity index (χ0n) is 13.7. The zero-order valence-corrected chi connectivity index (χ0v) is 14.5. The number of aryl methyl sites for hydroxylation is 1. The normalized spacial score (nSPS) is 19.4. The number of aliphatic hydroxyl groups is 1. The number of para-hydroxylation sites is 1. The molecule has 2 heterocycles. The second kappa shape index (κ2) is 5.57. The predicted octanol–water partition coefficient (Wildman–Crippen LogP) is 2.12. The Bertz CT molecular complexity index is 985. The van der Waals surface area contributed by atoms with Gasteiger partial charge in [0.1, 0.15) is 0 Å². The van der Waals surface area contributed by atoms with E-state index in [4.69, 9.17) is 0 Å². The topological polar surface area (TPSA) is 86.7 Å². The number of hydrogen-bond acceptors (Lipinski definition) is 4. The number of carbonyl (C=O) groups is 1. The summed E-state index contributed by atoms with van der Waals surface area (Å²) in [5.41, 5.74) is 3.34. The number of amides is 1. The average Bonchev–Trinajstić information content (AvgIpc) is 2.95. The minimum absolute atomic E-state index is 0.133. The molecule has 7 heteroatoms. The maximum absolute atomic E-state index is 13.2. The summed E-state index contributed by atoms with van der Waals surface area (Å²) in [5.74, 6) is -0.133. The molecule has 2 aromatic rings. The standard InChI is InChI=1S/C18H18N2O4S/c1-11-3-2-4-14-16(21)7-8-20(18(11)14)25(23,24)13-5-6-15-12(9-13)10-17(22)19-15/h2-6,9,16,21H,7-8,10H2,1H3,(H,19,22). The van der Waals surface area contributed by atoms with Crippen LogP contribution in [0.1, 0.15) is 29.2 Å². The Labute approximate surface area is 146 Å². The lowest BCUT2D eigenvalue weighted by Crippen LogP contribution is -2.37. The van der Waals surface area contributed by atoms with E-state index >= 15 is 0 Å². The van der Waals surface area contributed by atoms with E-state index in [9.17, 15) is 18.3 Å². The number of nitrogens with zero attached hydrogens (tertiary/aromatic N) is 1. The highest BCUT2D eigenvalue weighted by Gasteiger charge is 2.34. The third-order valence-corrected chi connectivity index (χ3v) is 6.57. The summed E-state index contributed by atoms with van der Waals surface area (Å²) in [7, 11) is -3.78. The van der Waals surface area contributed by atoms with Crippen molar-refractivity contribution in [3.8, 4) is 0 Å². The fourth-order valence-corrected chi connectivity index (χ4v) is 5.15. The molecule has 25 heavy (non-hydrogen) atoms. The quantitative estimate of drug-likeness (QED) is 0.861. The fraction of sp³-hybridized carbons (Fsp3) is 0.278. The molecule has 0 spiro atoms. The average molecular weight is 358 g/mol. The maximum Gasteiger partial charge on any atom is 0.264 e. The van der Waals surface area contributed by atoms with Crippen molar-refractivity contribution in [2.24, 2.45) is 0 Å². The Morgan fingerprint density at radius 3 is 2.84 bits per heavy atom. The third-order valence-electron chi connectivity index (χ3n) is 4.77. The molecule has 2 aliphatic heterocycles. The zero-order chi connectivity index (χ0) is 17.8. The van der Waals surface area contributed by atoms with Crippen LogP contribution in [0.25, 0.3) is 0 Å². The van der Waals surface area contributed by atoms with Gasteiger partial charge in [-0.05, 0) is 42.7 Å². The van der Waals surface area contributed by atoms with Gasteiger partial charge in [0.2, 0.25) is 5.91 Å². The van der Waals surface area contributed by atoms with Gasteiger partial charge in [-0.3, -0.25) is 9.10 Å². The van der Waals surface area contributed by atoms with Crippen molar-refractivity contribution in [3.63, 3.8) is 0 Å². The van der Waals surface area contributed by atoms with Gasteiger partial charge in [0.25, 0.3) is 10.0 Å². The van der Waals surface area contributed by atoms with Crippen molar-refractivity contribution in [1.29, 1.82) is 0 Å². The van der Waals surface area contributed by atoms with Crippen LogP contribution < -0.4 is 9.62 Å². The molecule has 1 atom stereocenters. The monoisotopic (exact) mass is 358 g/mol. The molecule has 0 radical (unpaired) electrons. The molecule has 1 amide bonds. The van der Waals surface area contributed by atoms with Crippen LogP contribution in [0.4, 0.5) is 11.4 Å². The van der Waals surface area contributed by atoms with Gasteiger partial charge in [-0.1, -0.05) is 18.2 Å². The molecule has 1 unspecified atom stereocenters. The lowest BCUT2D eigenvalue weighted by molar-refractivity contribution is -0.115. The first kappa shape index (κ1) is 16.1. The van der Waals surface area contributed by atoms with Crippen LogP contribution in [0, 0.1) is 6.92 Å². The van der Waals surface area contributed by atoms with Crippen LogP contribution in [0.15, 0.2) is 41.3 Å². The van der Waals surface area contributed by atoms with Gasteiger partial charge in [0.05, 0.1) is 23.1 Å². The first-order valence-corrected chi connectivity index (χ1v) is 9.55. The van der Waals surface area contributed by atoms with Crippen LogP contribution in [-0.2, 0) is 21.2 Å². The van der Waals surface area contributed by atoms with Crippen molar-refractivity contribution in [2.75, 3.05) is 16.2 Å². The van der Waals surface area contributed by atoms with E-state index in [0.717, 1.165) is 5.56 Å². The van der Waals surface area contributed by atoms with Crippen molar-refractivity contribution in [2.45, 2.75) is 30.8 Å². The predicted molar refractivity (Wildman–Crippen MR) is 94.1 cm³/mol. The molecule has 0 saturated carbocycles. The van der Waals surface area contributed by atoms with E-state index in [2.05, 4.69) is 5.32 Å². The lowest BCUT2D eigenvalue weighted by Gasteiger charge is -2.34. The van der Waals surface area contributed by atoms with Crippen molar-refractivity contribution < 1.29 is 18.3 Å². The molecule has 2 aliphatic rings. The number of fused-ring (bicyclic) bond motifs is 2. The molecule has 0 saturated heterocycles. The number of sulfonamides is 1. The van der Waals surface area contributed by atoms with Crippen LogP contribution in [0.3, 0.4) is 0 Å². The number of rotatable bonds is 2. The van der Waals surface area contributed by atoms with Crippen molar-refractivity contribution in [1.82, 2.24) is 0 Å². The summed E-state index contributed by atoms with van der Waals surface area (Å²) < 4.78 is 27.8. The minimum Gasteiger partial charge on any atom is -0.388 e. The molecule has 2 N–H and O–H groups in total. The number of hydrogen-bond donors (Lipinski definition) is 2. The van der Waals surface area contributed by atoms with Crippen LogP contribution in [0.2, 0.25) is 0 Å². The van der Waals surface area contributed by atoms with Gasteiger partial charge in [-0.2, -0.15) is 0 Å². The van der Waals surface area contributed by atoms with E-state index in [1.54, 1.807) is 18.2 Å². The van der Waals surface area contributed by atoms with Crippen LogP contribution >= 0.6 is 0 Å². The van der Waals surface area contributed by atoms with Gasteiger partial charge in [0.15, 0.2) is 0 Å². The highest BCUT2D eigenvalue weighted by molar-refractivity contribution is 7.92. The van der Waals surface area contributed by atoms with E-state index < -0.39 is 16.1 Å². The Morgan fingerprint density at radius 1 is 1.24 bits per heavy atom. The molecule has 0 aliphatic carbocycles. The number of anilines is 2. The van der Waals surface area contributed by atoms with E-state index in [1.807, 2.05) is 19.1 Å². The largest absolute Gasteiger partial charge is 0.388 e. The van der Waals surface area contributed by atoms with Gasteiger partial charge < -0.3 is 10.4 Å². The summed E-state index contributed by atoms with van der Waals surface area (Å²) in [4.78, 5) is 11.7. The highest BCUT2D eigenvalue weighted by Crippen LogP contribution is 2.39. The number of benzene rings is 2. The number of carbonyl (C=O) groups excluding carboxylic acids is 1. The first-order valence-electron chi connectivity index (χ1n) is 8.11. The molecule has 0 aromatic heterocycles. The third kappa shape index (κ3) is 2.51. The second-order valence-corrected chi connectivity index (χ2v) is 8.30. The van der Waals surface area contributed by atoms with Crippen molar-refractivity contribution >= 4 is 27.3 Å². The summed E-state index contributed by atoms with van der Waals surface area (Å²) in [6.45, 7) is 2.06. The van der Waals surface area contributed by atoms with Crippen molar-refractivity contribution in [3.05, 3.63) is 53.1 Å². The summed E-state index contributed by atoms with van der Waals surface area (Å²) >= 11 is 0. The van der Waals surface area contributed by atoms with E-state index in [-0.39, 0.29) is 23.8 Å². The molecule has 0 fully saturated rings. The molecule has 0 bridgehead atoms. The van der Waals surface area contributed by atoms with E-state index in [1.165, 1.54) is 10.4 Å². The van der Waals surface area contributed by atoms with Crippen LogP contribution in [0.5, 0.6) is 0 Å². The Kier molecular flexibility index (Phi) is 3.59. The fourth-order valence-electron chi connectivity index (χ4n) is 3.53. The Morgan fingerprint density at radius 2 is 2.04 bits per heavy atom. The molecule has 4 rings (SSSR count). The van der Waals surface area contributed by atoms with Gasteiger partial charge in [-0.25, -0.2) is 8.42 Å². The summed E-state index contributed by atoms with van der Waals surface area (Å²) in [5, 5.41) is 12.9. The Hall–Kier alpha value is -2.38. The maximum atomic E-state index is 13.2. The summed E-state index contributed by atoms with van der Waals surface area (Å²) in [6.07, 6.45) is -0.128. The second-order valence-electron chi connectivity index (χ2n) is 6.44. The van der Waals surface area contributed by atoms with Gasteiger partial charge in [0, 0.05) is 17.8 Å². The SMILES string of the molecule is Cc1cccc2c1N(S(=O)(=O)c1ccc3c(c1)CC(=O)N3)CCC2O. The van der Waals surface area contributed by atoms with Gasteiger partial charge in [-0.15, -0.1) is 0 Å². The molecular formula is C18H18N2O4S. The van der Waals surface area contributed by atoms with Gasteiger partial charge >= 0.3 is 0 Å². The molecule has 6 nitrogen and oxygen atoms in total. The number of nitrogens with one attached hydrogen (secondary N) is 1. The molecular weight excluding hydrogens is 340 g/mol. The molecule has 130 valence electrons. The highest BCUT2D eigenvalue weighted by atomic mass is 32.2. The minimum atomic E-state index is -3.78. The lowest BCUT2D eigenvalue weighted by atomic mass is 9.98. The Balaban J connectivity index is 1.82.